The van der Waals surface area contributed by atoms with Crippen LogP contribution in [0.15, 0.2) is 18.2 Å². The Morgan fingerprint density at radius 1 is 1.24 bits per heavy atom. The van der Waals surface area contributed by atoms with Crippen molar-refractivity contribution in [3.63, 3.8) is 0 Å². The Morgan fingerprint density at radius 3 is 2.66 bits per heavy atom. The van der Waals surface area contributed by atoms with Crippen LogP contribution in [-0.2, 0) is 14.3 Å². The third-order valence-electron chi connectivity index (χ3n) is 5.14. The number of carbonyl (C=O) groups is 3. The van der Waals surface area contributed by atoms with Gasteiger partial charge in [0.05, 0.1) is 16.9 Å². The highest BCUT2D eigenvalue weighted by atomic mass is 16.5. The van der Waals surface area contributed by atoms with Crippen molar-refractivity contribution < 1.29 is 19.1 Å². The van der Waals surface area contributed by atoms with Gasteiger partial charge in [-0.15, -0.1) is 0 Å². The number of nitrogens with one attached hydrogen (secondary N) is 2. The molecule has 2 N–H and O–H groups in total. The molecule has 3 rings (SSSR count). The van der Waals surface area contributed by atoms with E-state index in [9.17, 15) is 14.4 Å². The minimum Gasteiger partial charge on any atom is -0.452 e. The highest BCUT2D eigenvalue weighted by Crippen LogP contribution is 2.37. The Balaban J connectivity index is 1.60. The fourth-order valence-corrected chi connectivity index (χ4v) is 4.56. The Morgan fingerprint density at radius 2 is 1.97 bits per heavy atom. The lowest BCUT2D eigenvalue weighted by Gasteiger charge is -2.33. The minimum atomic E-state index is -0.589. The molecule has 2 aliphatic rings. The van der Waals surface area contributed by atoms with Gasteiger partial charge in [-0.25, -0.2) is 4.79 Å². The quantitative estimate of drug-likeness (QED) is 0.741. The van der Waals surface area contributed by atoms with Crippen molar-refractivity contribution in [3.05, 3.63) is 23.8 Å². The van der Waals surface area contributed by atoms with Crippen LogP contribution in [0.5, 0.6) is 0 Å². The lowest BCUT2D eigenvalue weighted by Crippen LogP contribution is -2.47. The second-order valence-corrected chi connectivity index (χ2v) is 9.82. The molecule has 1 aromatic carbocycles. The number of rotatable bonds is 5. The minimum absolute atomic E-state index is 0.0408. The first kappa shape index (κ1) is 21.1. The third kappa shape index (κ3) is 5.08. The Labute approximate surface area is 172 Å². The largest absolute Gasteiger partial charge is 0.452 e. The van der Waals surface area contributed by atoms with Crippen LogP contribution in [0.2, 0.25) is 0 Å². The summed E-state index contributed by atoms with van der Waals surface area (Å²) in [5.41, 5.74) is 1.51. The smallest absolute Gasteiger partial charge is 0.338 e. The Hall–Kier alpha value is -2.57. The summed E-state index contributed by atoms with van der Waals surface area (Å²) < 4.78 is 5.19. The van der Waals surface area contributed by atoms with Gasteiger partial charge in [-0.05, 0) is 56.7 Å². The summed E-state index contributed by atoms with van der Waals surface area (Å²) in [7, 11) is 0. The molecule has 7 nitrogen and oxygen atoms in total. The van der Waals surface area contributed by atoms with Crippen LogP contribution in [0.1, 0.15) is 64.2 Å². The van der Waals surface area contributed by atoms with Gasteiger partial charge in [-0.2, -0.15) is 0 Å². The van der Waals surface area contributed by atoms with Crippen molar-refractivity contribution in [2.75, 3.05) is 23.4 Å². The van der Waals surface area contributed by atoms with E-state index >= 15 is 0 Å². The molecule has 0 bridgehead atoms. The van der Waals surface area contributed by atoms with Crippen LogP contribution in [0, 0.1) is 5.41 Å². The fourth-order valence-electron chi connectivity index (χ4n) is 4.56. The molecule has 1 fully saturated rings. The molecule has 7 heteroatoms. The van der Waals surface area contributed by atoms with Crippen molar-refractivity contribution in [1.82, 2.24) is 5.32 Å². The number of nitrogens with zero attached hydrogens (tertiary/aromatic N) is 1. The normalized spacial score (nSPS) is 18.6. The van der Waals surface area contributed by atoms with E-state index in [4.69, 9.17) is 4.74 Å². The van der Waals surface area contributed by atoms with Crippen LogP contribution >= 0.6 is 0 Å². The molecule has 0 unspecified atom stereocenters. The summed E-state index contributed by atoms with van der Waals surface area (Å²) in [5, 5.41) is 5.80. The summed E-state index contributed by atoms with van der Waals surface area (Å²) in [6.45, 7) is 10.7. The van der Waals surface area contributed by atoms with E-state index in [0.29, 0.717) is 11.3 Å². The van der Waals surface area contributed by atoms with Crippen LogP contribution in [0.25, 0.3) is 0 Å². The van der Waals surface area contributed by atoms with Gasteiger partial charge >= 0.3 is 5.97 Å². The summed E-state index contributed by atoms with van der Waals surface area (Å²) in [6, 6.07) is 5.00. The summed E-state index contributed by atoms with van der Waals surface area (Å²) in [5.74, 6) is -0.964. The molecule has 1 saturated heterocycles. The number of ether oxygens (including phenoxy) is 1. The van der Waals surface area contributed by atoms with Gasteiger partial charge in [-0.3, -0.25) is 9.59 Å². The van der Waals surface area contributed by atoms with Crippen molar-refractivity contribution >= 4 is 29.2 Å². The first-order valence-electron chi connectivity index (χ1n) is 10.1. The van der Waals surface area contributed by atoms with E-state index in [1.807, 2.05) is 19.9 Å². The summed E-state index contributed by atoms with van der Waals surface area (Å²) >= 11 is 0. The number of fused-ring (bicyclic) bond motifs is 3. The van der Waals surface area contributed by atoms with Gasteiger partial charge in [0, 0.05) is 12.1 Å². The van der Waals surface area contributed by atoms with Crippen LogP contribution in [0.4, 0.5) is 11.4 Å². The van der Waals surface area contributed by atoms with E-state index in [1.54, 1.807) is 12.1 Å². The maximum absolute atomic E-state index is 12.4. The van der Waals surface area contributed by atoms with E-state index in [2.05, 4.69) is 36.3 Å². The van der Waals surface area contributed by atoms with Crippen molar-refractivity contribution in [2.24, 2.45) is 5.41 Å². The van der Waals surface area contributed by atoms with E-state index in [0.717, 1.165) is 31.5 Å². The molecule has 2 aliphatic heterocycles. The maximum atomic E-state index is 12.4. The van der Waals surface area contributed by atoms with Crippen LogP contribution in [-0.4, -0.2) is 42.5 Å². The number of hydrogen-bond donors (Lipinski definition) is 2. The summed E-state index contributed by atoms with van der Waals surface area (Å²) in [4.78, 5) is 39.0. The monoisotopic (exact) mass is 401 g/mol. The molecule has 0 spiro atoms. The average molecular weight is 402 g/mol. The molecule has 2 amide bonds. The highest BCUT2D eigenvalue weighted by molar-refractivity contribution is 6.05. The summed E-state index contributed by atoms with van der Waals surface area (Å²) in [6.07, 6.45) is 2.61. The molecular weight excluding hydrogens is 370 g/mol. The lowest BCUT2D eigenvalue weighted by molar-refractivity contribution is -0.126. The number of carbonyl (C=O) groups excluding carboxylic acids is 3. The average Bonchev–Trinajstić information content (AvgIpc) is 3.07. The number of anilines is 2. The van der Waals surface area contributed by atoms with E-state index in [-0.39, 0.29) is 29.9 Å². The predicted octanol–water partition coefficient (Wildman–Crippen LogP) is 3.10. The van der Waals surface area contributed by atoms with Crippen LogP contribution < -0.4 is 15.5 Å². The predicted molar refractivity (Wildman–Crippen MR) is 112 cm³/mol. The first-order valence-corrected chi connectivity index (χ1v) is 10.1. The molecule has 2 heterocycles. The number of benzene rings is 1. The van der Waals surface area contributed by atoms with Gasteiger partial charge in [0.1, 0.15) is 6.04 Å². The molecule has 29 heavy (non-hydrogen) atoms. The third-order valence-corrected chi connectivity index (χ3v) is 5.14. The van der Waals surface area contributed by atoms with Gasteiger partial charge in [0.2, 0.25) is 5.91 Å². The number of esters is 1. The molecule has 1 aromatic rings. The van der Waals surface area contributed by atoms with Crippen molar-refractivity contribution in [1.29, 1.82) is 0 Å². The molecule has 1 atom stereocenters. The molecule has 0 radical (unpaired) electrons. The van der Waals surface area contributed by atoms with Crippen molar-refractivity contribution in [2.45, 2.75) is 65.5 Å². The first-order chi connectivity index (χ1) is 13.5. The van der Waals surface area contributed by atoms with E-state index < -0.39 is 11.5 Å². The van der Waals surface area contributed by atoms with Gasteiger partial charge in [0.15, 0.2) is 6.61 Å². The molecule has 158 valence electrons. The number of hydrogen-bond acceptors (Lipinski definition) is 5. The second kappa shape index (κ2) is 7.69. The Kier molecular flexibility index (Phi) is 5.61. The molecule has 0 aliphatic carbocycles. The second-order valence-electron chi connectivity index (χ2n) is 9.82. The lowest BCUT2D eigenvalue weighted by atomic mass is 9.82. The van der Waals surface area contributed by atoms with Gasteiger partial charge in [-0.1, -0.05) is 20.8 Å². The highest BCUT2D eigenvalue weighted by Gasteiger charge is 2.36. The van der Waals surface area contributed by atoms with Crippen molar-refractivity contribution in [3.8, 4) is 0 Å². The molecule has 0 aromatic heterocycles. The molecular formula is C22H31N3O4. The van der Waals surface area contributed by atoms with Crippen LogP contribution in [0.3, 0.4) is 0 Å². The topological polar surface area (TPSA) is 87.7 Å². The standard InChI is InChI=1S/C22H31N3O4/c1-21(2,3)13-22(4,5)24-18(26)12-29-20(28)14-8-9-16-15(11-14)23-19(27)17-7-6-10-25(16)17/h8-9,11,17H,6-7,10,12-13H2,1-5H3,(H,23,27)(H,24,26)/t17-/m0/s1. The molecule has 0 saturated carbocycles. The van der Waals surface area contributed by atoms with Gasteiger partial charge < -0.3 is 20.3 Å². The SMILES string of the molecule is CC(C)(C)CC(C)(C)NC(=O)COC(=O)c1ccc2c(c1)NC(=O)[C@@H]1CCCN21. The zero-order valence-corrected chi connectivity index (χ0v) is 17.9. The Bertz CT molecular complexity index is 826. The zero-order valence-electron chi connectivity index (χ0n) is 17.9. The maximum Gasteiger partial charge on any atom is 0.338 e. The van der Waals surface area contributed by atoms with E-state index in [1.165, 1.54) is 0 Å². The zero-order chi connectivity index (χ0) is 21.4. The van der Waals surface area contributed by atoms with Gasteiger partial charge in [0.25, 0.3) is 5.91 Å². The number of amides is 2. The fraction of sp³-hybridized carbons (Fsp3) is 0.591.